The van der Waals surface area contributed by atoms with Gasteiger partial charge in [-0.1, -0.05) is 12.1 Å². The predicted octanol–water partition coefficient (Wildman–Crippen LogP) is 3.52. The Morgan fingerprint density at radius 2 is 1.40 bits per heavy atom. The molecule has 0 amide bonds. The smallest absolute Gasteiger partial charge is 0.115 e. The van der Waals surface area contributed by atoms with Gasteiger partial charge in [-0.3, -0.25) is 4.90 Å². The van der Waals surface area contributed by atoms with Crippen LogP contribution >= 0.6 is 0 Å². The van der Waals surface area contributed by atoms with Gasteiger partial charge in [-0.05, 0) is 80.4 Å². The number of benzene rings is 1. The summed E-state index contributed by atoms with van der Waals surface area (Å²) >= 11 is 0. The fraction of sp³-hybridized carbons (Fsp3) is 0.727. The first-order valence-corrected chi connectivity index (χ1v) is 10.4. The Hall–Kier alpha value is -1.06. The Labute approximate surface area is 152 Å². The number of phenolic OH excluding ortho intramolecular Hbond substituents is 1. The van der Waals surface area contributed by atoms with E-state index in [-0.39, 0.29) is 0 Å². The van der Waals surface area contributed by atoms with Gasteiger partial charge in [-0.25, -0.2) is 0 Å². The van der Waals surface area contributed by atoms with Crippen molar-refractivity contribution >= 4 is 0 Å². The lowest BCUT2D eigenvalue weighted by Crippen LogP contribution is -2.63. The van der Waals surface area contributed by atoms with Crippen molar-refractivity contribution in [1.29, 1.82) is 0 Å². The van der Waals surface area contributed by atoms with E-state index in [2.05, 4.69) is 21.9 Å². The SMILES string of the molecule is Oc1ccc(CCN2CCN(C34CC5CC(CC(C5)C3)C4)CC2)cc1. The molecule has 1 N–H and O–H groups in total. The minimum atomic E-state index is 0.368. The van der Waals surface area contributed by atoms with E-state index in [0.717, 1.165) is 30.7 Å². The second-order valence-electron chi connectivity index (χ2n) is 9.39. The van der Waals surface area contributed by atoms with Crippen LogP contribution in [0.4, 0.5) is 0 Å². The topological polar surface area (TPSA) is 26.7 Å². The molecule has 4 bridgehead atoms. The molecule has 1 aliphatic heterocycles. The molecule has 4 aliphatic carbocycles. The highest BCUT2D eigenvalue weighted by molar-refractivity contribution is 5.26. The highest BCUT2D eigenvalue weighted by Crippen LogP contribution is 2.57. The van der Waals surface area contributed by atoms with Crippen LogP contribution in [0.5, 0.6) is 5.75 Å². The van der Waals surface area contributed by atoms with Gasteiger partial charge in [-0.2, -0.15) is 0 Å². The molecule has 5 fully saturated rings. The third-order valence-corrected chi connectivity index (χ3v) is 7.70. The van der Waals surface area contributed by atoms with Gasteiger partial charge < -0.3 is 10.0 Å². The third kappa shape index (κ3) is 3.10. The summed E-state index contributed by atoms with van der Waals surface area (Å²) in [5, 5.41) is 9.40. The zero-order valence-electron chi connectivity index (χ0n) is 15.4. The zero-order chi connectivity index (χ0) is 16.9. The van der Waals surface area contributed by atoms with Gasteiger partial charge in [0.2, 0.25) is 0 Å². The zero-order valence-corrected chi connectivity index (χ0v) is 15.4. The second-order valence-corrected chi connectivity index (χ2v) is 9.39. The van der Waals surface area contributed by atoms with Gasteiger partial charge in [0.25, 0.3) is 0 Å². The average molecular weight is 341 g/mol. The number of phenols is 1. The number of nitrogens with zero attached hydrogens (tertiary/aromatic N) is 2. The number of hydrogen-bond acceptors (Lipinski definition) is 3. The molecule has 5 aliphatic rings. The fourth-order valence-electron chi connectivity index (χ4n) is 6.85. The van der Waals surface area contributed by atoms with Crippen molar-refractivity contribution in [1.82, 2.24) is 9.80 Å². The minimum Gasteiger partial charge on any atom is -0.508 e. The van der Waals surface area contributed by atoms with Crippen LogP contribution in [0.25, 0.3) is 0 Å². The molecule has 1 aromatic rings. The molecule has 0 atom stereocenters. The minimum absolute atomic E-state index is 0.368. The molecular formula is C22H32N2O. The normalized spacial score (nSPS) is 38.3. The molecular weight excluding hydrogens is 308 g/mol. The van der Waals surface area contributed by atoms with E-state index in [1.54, 1.807) is 31.4 Å². The molecule has 1 heterocycles. The first-order valence-electron chi connectivity index (χ1n) is 10.4. The van der Waals surface area contributed by atoms with Crippen LogP contribution in [0.1, 0.15) is 44.1 Å². The van der Waals surface area contributed by atoms with Gasteiger partial charge in [0.15, 0.2) is 0 Å². The molecule has 3 heteroatoms. The maximum absolute atomic E-state index is 9.40. The third-order valence-electron chi connectivity index (χ3n) is 7.70. The van der Waals surface area contributed by atoms with Crippen LogP contribution < -0.4 is 0 Å². The van der Waals surface area contributed by atoms with Gasteiger partial charge in [0, 0.05) is 38.3 Å². The summed E-state index contributed by atoms with van der Waals surface area (Å²) in [6.07, 6.45) is 10.3. The molecule has 0 aromatic heterocycles. The maximum atomic E-state index is 9.40. The number of aromatic hydroxyl groups is 1. The van der Waals surface area contributed by atoms with Crippen LogP contribution in [-0.2, 0) is 6.42 Å². The van der Waals surface area contributed by atoms with Crippen LogP contribution in [0, 0.1) is 17.8 Å². The molecule has 25 heavy (non-hydrogen) atoms. The summed E-state index contributed by atoms with van der Waals surface area (Å²) in [6, 6.07) is 7.72. The van der Waals surface area contributed by atoms with Crippen LogP contribution in [0.2, 0.25) is 0 Å². The van der Waals surface area contributed by atoms with Crippen molar-refractivity contribution in [2.45, 2.75) is 50.5 Å². The molecule has 1 saturated heterocycles. The summed E-state index contributed by atoms with van der Waals surface area (Å²) < 4.78 is 0. The van der Waals surface area contributed by atoms with E-state index >= 15 is 0 Å². The lowest BCUT2D eigenvalue weighted by Gasteiger charge is -2.61. The standard InChI is InChI=1S/C22H32N2O/c25-21-3-1-17(2-4-21)5-6-23-7-9-24(10-8-23)22-14-18-11-19(15-22)13-20(12-18)16-22/h1-4,18-20,25H,5-16H2. The molecule has 0 radical (unpaired) electrons. The number of hydrogen-bond donors (Lipinski definition) is 1. The summed E-state index contributed by atoms with van der Waals surface area (Å²) in [5.41, 5.74) is 1.93. The van der Waals surface area contributed by atoms with Crippen LogP contribution in [0.15, 0.2) is 24.3 Å². The van der Waals surface area contributed by atoms with Crippen molar-refractivity contribution in [2.24, 2.45) is 17.8 Å². The van der Waals surface area contributed by atoms with Gasteiger partial charge in [-0.15, -0.1) is 0 Å². The van der Waals surface area contributed by atoms with E-state index in [4.69, 9.17) is 0 Å². The lowest BCUT2D eigenvalue weighted by atomic mass is 9.52. The van der Waals surface area contributed by atoms with E-state index in [0.29, 0.717) is 11.3 Å². The monoisotopic (exact) mass is 340 g/mol. The van der Waals surface area contributed by atoms with Gasteiger partial charge >= 0.3 is 0 Å². The van der Waals surface area contributed by atoms with Crippen LogP contribution in [0.3, 0.4) is 0 Å². The van der Waals surface area contributed by atoms with Crippen molar-refractivity contribution in [3.05, 3.63) is 29.8 Å². The van der Waals surface area contributed by atoms with E-state index < -0.39 is 0 Å². The molecule has 136 valence electrons. The Balaban J connectivity index is 1.16. The Morgan fingerprint density at radius 3 is 1.96 bits per heavy atom. The molecule has 1 aromatic carbocycles. The Bertz CT molecular complexity index is 568. The number of rotatable bonds is 4. The van der Waals surface area contributed by atoms with E-state index in [1.807, 2.05) is 0 Å². The molecule has 0 unspecified atom stereocenters. The first-order chi connectivity index (χ1) is 12.2. The van der Waals surface area contributed by atoms with Crippen molar-refractivity contribution in [3.63, 3.8) is 0 Å². The highest BCUT2D eigenvalue weighted by atomic mass is 16.3. The number of piperazine rings is 1. The Morgan fingerprint density at radius 1 is 0.840 bits per heavy atom. The van der Waals surface area contributed by atoms with E-state index in [1.165, 1.54) is 51.0 Å². The summed E-state index contributed by atoms with van der Waals surface area (Å²) in [5.74, 6) is 3.53. The molecule has 4 saturated carbocycles. The highest BCUT2D eigenvalue weighted by Gasteiger charge is 2.53. The summed E-state index contributed by atoms with van der Waals surface area (Å²) in [6.45, 7) is 6.18. The van der Waals surface area contributed by atoms with E-state index in [9.17, 15) is 5.11 Å². The predicted molar refractivity (Wildman–Crippen MR) is 101 cm³/mol. The lowest BCUT2D eigenvalue weighted by molar-refractivity contribution is -0.101. The quantitative estimate of drug-likeness (QED) is 0.908. The molecule has 3 nitrogen and oxygen atoms in total. The molecule has 0 spiro atoms. The van der Waals surface area contributed by atoms with Crippen molar-refractivity contribution in [3.8, 4) is 5.75 Å². The van der Waals surface area contributed by atoms with Gasteiger partial charge in [0.1, 0.15) is 5.75 Å². The Kier molecular flexibility index (Phi) is 4.05. The molecule has 6 rings (SSSR count). The first kappa shape index (κ1) is 16.1. The van der Waals surface area contributed by atoms with Crippen molar-refractivity contribution < 1.29 is 5.11 Å². The average Bonchev–Trinajstić information content (AvgIpc) is 2.60. The van der Waals surface area contributed by atoms with Crippen LogP contribution in [-0.4, -0.2) is 53.2 Å². The summed E-state index contributed by atoms with van der Waals surface area (Å²) in [4.78, 5) is 5.55. The summed E-state index contributed by atoms with van der Waals surface area (Å²) in [7, 11) is 0. The fourth-order valence-corrected chi connectivity index (χ4v) is 6.85. The largest absolute Gasteiger partial charge is 0.508 e. The van der Waals surface area contributed by atoms with Crippen molar-refractivity contribution in [2.75, 3.05) is 32.7 Å². The van der Waals surface area contributed by atoms with Gasteiger partial charge in [0.05, 0.1) is 0 Å². The second kappa shape index (κ2) is 6.28. The maximum Gasteiger partial charge on any atom is 0.115 e.